The highest BCUT2D eigenvalue weighted by Gasteiger charge is 2.24. The van der Waals surface area contributed by atoms with Crippen LogP contribution >= 0.6 is 0 Å². The highest BCUT2D eigenvalue weighted by molar-refractivity contribution is 6.07. The van der Waals surface area contributed by atoms with E-state index in [0.717, 1.165) is 35.4 Å². The summed E-state index contributed by atoms with van der Waals surface area (Å²) in [4.78, 5) is 6.94. The largest absolute Gasteiger partial charge is 0.384 e. The van der Waals surface area contributed by atoms with Crippen LogP contribution in [0.4, 0.5) is 5.82 Å². The van der Waals surface area contributed by atoms with E-state index in [-0.39, 0.29) is 18.0 Å². The zero-order valence-electron chi connectivity index (χ0n) is 12.3. The summed E-state index contributed by atoms with van der Waals surface area (Å²) in [5.74, 6) is 0.935. The second kappa shape index (κ2) is 5.33. The summed E-state index contributed by atoms with van der Waals surface area (Å²) in [5.41, 5.74) is 7.35. The van der Waals surface area contributed by atoms with Gasteiger partial charge >= 0.3 is 0 Å². The number of nitrogens with one attached hydrogen (secondary N) is 1. The molecule has 5 nitrogen and oxygen atoms in total. The first-order valence-corrected chi connectivity index (χ1v) is 7.19. The lowest BCUT2D eigenvalue weighted by Gasteiger charge is -2.36. The van der Waals surface area contributed by atoms with Gasteiger partial charge in [0.2, 0.25) is 0 Å². The number of aromatic nitrogens is 1. The fourth-order valence-electron chi connectivity index (χ4n) is 2.91. The molecule has 3 rings (SSSR count). The Bertz CT molecular complexity index is 675. The second-order valence-electron chi connectivity index (χ2n) is 5.62. The average molecular weight is 284 g/mol. The molecule has 2 unspecified atom stereocenters. The summed E-state index contributed by atoms with van der Waals surface area (Å²) in [6, 6.07) is 9.71. The summed E-state index contributed by atoms with van der Waals surface area (Å²) < 4.78 is 5.77. The highest BCUT2D eigenvalue weighted by Crippen LogP contribution is 2.25. The Kier molecular flexibility index (Phi) is 3.51. The molecule has 0 saturated carbocycles. The van der Waals surface area contributed by atoms with Crippen LogP contribution in [0, 0.1) is 5.41 Å². The maximum absolute atomic E-state index is 7.81. The van der Waals surface area contributed by atoms with Crippen LogP contribution in [-0.2, 0) is 4.74 Å². The lowest BCUT2D eigenvalue weighted by Crippen LogP contribution is -2.45. The van der Waals surface area contributed by atoms with E-state index in [4.69, 9.17) is 20.9 Å². The smallest absolute Gasteiger partial charge is 0.130 e. The number of pyridine rings is 1. The number of amidine groups is 1. The minimum absolute atomic E-state index is 0.0733. The van der Waals surface area contributed by atoms with Gasteiger partial charge in [-0.3, -0.25) is 5.41 Å². The van der Waals surface area contributed by atoms with E-state index in [0.29, 0.717) is 0 Å². The topological polar surface area (TPSA) is 75.2 Å². The van der Waals surface area contributed by atoms with Crippen molar-refractivity contribution < 1.29 is 4.74 Å². The van der Waals surface area contributed by atoms with E-state index >= 15 is 0 Å². The Morgan fingerprint density at radius 1 is 1.29 bits per heavy atom. The van der Waals surface area contributed by atoms with E-state index in [1.54, 1.807) is 0 Å². The standard InChI is InChI=1S/C16H20N4O/c1-10-8-20(9-11(2)21-10)15-7-13(16(17)18)12-5-3-4-6-14(12)19-15/h3-7,10-11H,8-9H2,1-2H3,(H3,17,18). The highest BCUT2D eigenvalue weighted by atomic mass is 16.5. The molecule has 3 N–H and O–H groups in total. The molecule has 110 valence electrons. The first kappa shape index (κ1) is 13.8. The summed E-state index contributed by atoms with van der Waals surface area (Å²) in [6.45, 7) is 5.73. The van der Waals surface area contributed by atoms with Gasteiger partial charge in [-0.05, 0) is 26.0 Å². The van der Waals surface area contributed by atoms with Crippen molar-refractivity contribution in [1.82, 2.24) is 4.98 Å². The first-order chi connectivity index (χ1) is 10.0. The number of para-hydroxylation sites is 1. The quantitative estimate of drug-likeness (QED) is 0.654. The van der Waals surface area contributed by atoms with Crippen molar-refractivity contribution in [2.75, 3.05) is 18.0 Å². The molecule has 1 aromatic carbocycles. The third kappa shape index (κ3) is 2.69. The van der Waals surface area contributed by atoms with Crippen LogP contribution in [0.1, 0.15) is 19.4 Å². The predicted octanol–water partition coefficient (Wildman–Crippen LogP) is 2.13. The minimum Gasteiger partial charge on any atom is -0.384 e. The van der Waals surface area contributed by atoms with Crippen molar-refractivity contribution in [1.29, 1.82) is 5.41 Å². The van der Waals surface area contributed by atoms with Crippen LogP contribution in [0.3, 0.4) is 0 Å². The molecule has 0 bridgehead atoms. The van der Waals surface area contributed by atoms with E-state index in [1.165, 1.54) is 0 Å². The maximum atomic E-state index is 7.81. The predicted molar refractivity (Wildman–Crippen MR) is 85.0 cm³/mol. The third-order valence-corrected chi connectivity index (χ3v) is 3.74. The van der Waals surface area contributed by atoms with Crippen LogP contribution in [-0.4, -0.2) is 36.1 Å². The number of anilines is 1. The minimum atomic E-state index is 0.0733. The van der Waals surface area contributed by atoms with Crippen LogP contribution in [0.5, 0.6) is 0 Å². The number of fused-ring (bicyclic) bond motifs is 1. The van der Waals surface area contributed by atoms with Gasteiger partial charge in [-0.25, -0.2) is 4.98 Å². The van der Waals surface area contributed by atoms with Crippen molar-refractivity contribution in [2.45, 2.75) is 26.1 Å². The SMILES string of the molecule is CC1CN(c2cc(C(=N)N)c3ccccc3n2)CC(C)O1. The lowest BCUT2D eigenvalue weighted by molar-refractivity contribution is -0.00544. The number of nitrogens with two attached hydrogens (primary N) is 1. The van der Waals surface area contributed by atoms with Gasteiger partial charge in [0.05, 0.1) is 17.7 Å². The molecule has 2 atom stereocenters. The molecule has 5 heteroatoms. The molecule has 0 radical (unpaired) electrons. The van der Waals surface area contributed by atoms with Crippen LogP contribution in [0.2, 0.25) is 0 Å². The fraction of sp³-hybridized carbons (Fsp3) is 0.375. The number of rotatable bonds is 2. The first-order valence-electron chi connectivity index (χ1n) is 7.19. The Morgan fingerprint density at radius 3 is 2.62 bits per heavy atom. The molecule has 1 saturated heterocycles. The molecule has 1 aliphatic rings. The van der Waals surface area contributed by atoms with Gasteiger partial charge in [-0.2, -0.15) is 0 Å². The van der Waals surface area contributed by atoms with E-state index < -0.39 is 0 Å². The number of nitrogen functional groups attached to an aromatic ring is 1. The summed E-state index contributed by atoms with van der Waals surface area (Å²) in [5, 5.41) is 8.73. The molecule has 1 aromatic heterocycles. The van der Waals surface area contributed by atoms with Crippen LogP contribution < -0.4 is 10.6 Å². The summed E-state index contributed by atoms with van der Waals surface area (Å²) in [7, 11) is 0. The molecule has 2 aromatic rings. The molecule has 0 amide bonds. The van der Waals surface area contributed by atoms with Crippen LogP contribution in [0.25, 0.3) is 10.9 Å². The van der Waals surface area contributed by atoms with Gasteiger partial charge in [-0.15, -0.1) is 0 Å². The Balaban J connectivity index is 2.08. The number of ether oxygens (including phenoxy) is 1. The Hall–Kier alpha value is -2.14. The Morgan fingerprint density at radius 2 is 1.95 bits per heavy atom. The molecule has 2 heterocycles. The normalized spacial score (nSPS) is 22.5. The molecule has 0 spiro atoms. The van der Waals surface area contributed by atoms with E-state index in [9.17, 15) is 0 Å². The van der Waals surface area contributed by atoms with Gasteiger partial charge in [0, 0.05) is 24.0 Å². The third-order valence-electron chi connectivity index (χ3n) is 3.74. The zero-order valence-corrected chi connectivity index (χ0v) is 12.3. The Labute approximate surface area is 124 Å². The number of hydrogen-bond donors (Lipinski definition) is 2. The van der Waals surface area contributed by atoms with Crippen molar-refractivity contribution >= 4 is 22.6 Å². The van der Waals surface area contributed by atoms with Gasteiger partial charge in [0.1, 0.15) is 11.7 Å². The summed E-state index contributed by atoms with van der Waals surface area (Å²) in [6.07, 6.45) is 0.339. The van der Waals surface area contributed by atoms with Gasteiger partial charge in [-0.1, -0.05) is 18.2 Å². The molecule has 1 aliphatic heterocycles. The summed E-state index contributed by atoms with van der Waals surface area (Å²) >= 11 is 0. The van der Waals surface area contributed by atoms with E-state index in [1.807, 2.05) is 30.3 Å². The van der Waals surface area contributed by atoms with Crippen molar-refractivity contribution in [3.05, 3.63) is 35.9 Å². The molecular formula is C16H20N4O. The number of morpholine rings is 1. The van der Waals surface area contributed by atoms with Crippen molar-refractivity contribution in [3.63, 3.8) is 0 Å². The number of nitrogens with zero attached hydrogens (tertiary/aromatic N) is 2. The number of benzene rings is 1. The zero-order chi connectivity index (χ0) is 15.0. The second-order valence-corrected chi connectivity index (χ2v) is 5.62. The van der Waals surface area contributed by atoms with Crippen molar-refractivity contribution in [2.24, 2.45) is 5.73 Å². The molecule has 1 fully saturated rings. The molecular weight excluding hydrogens is 264 g/mol. The van der Waals surface area contributed by atoms with Gasteiger partial charge < -0.3 is 15.4 Å². The molecule has 21 heavy (non-hydrogen) atoms. The van der Waals surface area contributed by atoms with Gasteiger partial charge in [0.25, 0.3) is 0 Å². The maximum Gasteiger partial charge on any atom is 0.130 e. The monoisotopic (exact) mass is 284 g/mol. The van der Waals surface area contributed by atoms with Gasteiger partial charge in [0.15, 0.2) is 0 Å². The van der Waals surface area contributed by atoms with E-state index in [2.05, 4.69) is 18.7 Å². The fourth-order valence-corrected chi connectivity index (χ4v) is 2.91. The average Bonchev–Trinajstić information content (AvgIpc) is 2.45. The van der Waals surface area contributed by atoms with Crippen molar-refractivity contribution in [3.8, 4) is 0 Å². The molecule has 0 aliphatic carbocycles. The van der Waals surface area contributed by atoms with Crippen LogP contribution in [0.15, 0.2) is 30.3 Å². The lowest BCUT2D eigenvalue weighted by atomic mass is 10.1. The number of hydrogen-bond acceptors (Lipinski definition) is 4.